The highest BCUT2D eigenvalue weighted by atomic mass is 16.4. The second kappa shape index (κ2) is 9.20. The molecule has 0 aromatic heterocycles. The summed E-state index contributed by atoms with van der Waals surface area (Å²) in [5, 5.41) is 17.0. The van der Waals surface area contributed by atoms with E-state index in [1.165, 1.54) is 0 Å². The van der Waals surface area contributed by atoms with Crippen molar-refractivity contribution in [3.8, 4) is 0 Å². The van der Waals surface area contributed by atoms with Crippen molar-refractivity contribution in [2.45, 2.75) is 53.0 Å². The first kappa shape index (κ1) is 19.2. The molecule has 0 fully saturated rings. The lowest BCUT2D eigenvalue weighted by Gasteiger charge is -2.27. The molecule has 1 unspecified atom stereocenters. The van der Waals surface area contributed by atoms with Gasteiger partial charge >= 0.3 is 12.0 Å². The zero-order valence-corrected chi connectivity index (χ0v) is 13.3. The Hall–Kier alpha value is -1.79. The van der Waals surface area contributed by atoms with Gasteiger partial charge in [-0.1, -0.05) is 20.8 Å². The van der Waals surface area contributed by atoms with Crippen LogP contribution in [0.15, 0.2) is 0 Å². The normalized spacial score (nSPS) is 12.4. The molecule has 0 saturated heterocycles. The van der Waals surface area contributed by atoms with Gasteiger partial charge in [0.1, 0.15) is 6.04 Å². The van der Waals surface area contributed by atoms with E-state index in [9.17, 15) is 19.5 Å². The number of amides is 3. The van der Waals surface area contributed by atoms with Gasteiger partial charge in [-0.3, -0.25) is 9.59 Å². The molecule has 0 saturated carbocycles. The number of hydrogen-bond donors (Lipinski definition) is 4. The Kier molecular flexibility index (Phi) is 8.42. The fourth-order valence-corrected chi connectivity index (χ4v) is 1.84. The van der Waals surface area contributed by atoms with Crippen LogP contribution < -0.4 is 16.0 Å². The van der Waals surface area contributed by atoms with Crippen LogP contribution in [0, 0.1) is 5.41 Å². The lowest BCUT2D eigenvalue weighted by Crippen LogP contribution is -2.51. The summed E-state index contributed by atoms with van der Waals surface area (Å²) in [7, 11) is 0. The second-order valence-electron chi connectivity index (χ2n) is 5.13. The highest BCUT2D eigenvalue weighted by Crippen LogP contribution is 2.25. The molecule has 21 heavy (non-hydrogen) atoms. The van der Waals surface area contributed by atoms with E-state index in [1.54, 1.807) is 20.8 Å². The summed E-state index contributed by atoms with van der Waals surface area (Å²) in [5.74, 6) is -1.19. The van der Waals surface area contributed by atoms with Crippen molar-refractivity contribution in [3.05, 3.63) is 0 Å². The van der Waals surface area contributed by atoms with E-state index in [4.69, 9.17) is 0 Å². The van der Waals surface area contributed by atoms with Gasteiger partial charge in [0.2, 0.25) is 5.91 Å². The third kappa shape index (κ3) is 6.01. The first-order valence-corrected chi connectivity index (χ1v) is 7.38. The molecule has 0 radical (unpaired) electrons. The van der Waals surface area contributed by atoms with E-state index in [0.717, 1.165) is 6.42 Å². The van der Waals surface area contributed by atoms with Crippen molar-refractivity contribution in [1.29, 1.82) is 0 Å². The van der Waals surface area contributed by atoms with Crippen LogP contribution in [0.25, 0.3) is 0 Å². The lowest BCUT2D eigenvalue weighted by atomic mass is 9.82. The van der Waals surface area contributed by atoms with E-state index in [0.29, 0.717) is 19.4 Å². The number of carboxylic acids is 1. The van der Waals surface area contributed by atoms with Crippen LogP contribution in [0.2, 0.25) is 0 Å². The molecule has 0 aromatic rings. The molecule has 7 nitrogen and oxygen atoms in total. The Balaban J connectivity index is 4.37. The van der Waals surface area contributed by atoms with Crippen molar-refractivity contribution in [3.63, 3.8) is 0 Å². The molecule has 0 rings (SSSR count). The van der Waals surface area contributed by atoms with Gasteiger partial charge in [-0.2, -0.15) is 0 Å². The Morgan fingerprint density at radius 3 is 2.10 bits per heavy atom. The van der Waals surface area contributed by atoms with E-state index in [-0.39, 0.29) is 12.5 Å². The number of carbonyl (C=O) groups excluding carboxylic acids is 2. The minimum absolute atomic E-state index is 0.0322. The third-order valence-corrected chi connectivity index (χ3v) is 3.68. The average molecular weight is 301 g/mol. The van der Waals surface area contributed by atoms with Crippen molar-refractivity contribution in [2.75, 3.05) is 13.1 Å². The van der Waals surface area contributed by atoms with Crippen LogP contribution in [0.5, 0.6) is 0 Å². The van der Waals surface area contributed by atoms with Gasteiger partial charge in [-0.05, 0) is 26.2 Å². The quantitative estimate of drug-likeness (QED) is 0.511. The molecular formula is C14H27N3O4. The fraction of sp³-hybridized carbons (Fsp3) is 0.786. The Morgan fingerprint density at radius 2 is 1.67 bits per heavy atom. The van der Waals surface area contributed by atoms with Crippen molar-refractivity contribution < 1.29 is 19.5 Å². The molecular weight excluding hydrogens is 274 g/mol. The lowest BCUT2D eigenvalue weighted by molar-refractivity contribution is -0.149. The fourth-order valence-electron chi connectivity index (χ4n) is 1.84. The van der Waals surface area contributed by atoms with Crippen LogP contribution >= 0.6 is 0 Å². The van der Waals surface area contributed by atoms with Gasteiger partial charge in [0, 0.05) is 13.1 Å². The molecule has 0 aliphatic rings. The zero-order valence-electron chi connectivity index (χ0n) is 13.3. The van der Waals surface area contributed by atoms with E-state index in [1.807, 2.05) is 6.92 Å². The van der Waals surface area contributed by atoms with Crippen molar-refractivity contribution >= 4 is 17.9 Å². The molecule has 0 spiro atoms. The Bertz CT molecular complexity index is 367. The number of carboxylic acid groups (broad SMARTS) is 1. The maximum Gasteiger partial charge on any atom is 0.315 e. The zero-order chi connectivity index (χ0) is 16.5. The number of hydrogen-bond acceptors (Lipinski definition) is 3. The van der Waals surface area contributed by atoms with Crippen LogP contribution in [0.1, 0.15) is 47.0 Å². The summed E-state index contributed by atoms with van der Waals surface area (Å²) in [6.45, 7) is 7.65. The monoisotopic (exact) mass is 301 g/mol. The molecule has 3 amide bonds. The summed E-state index contributed by atoms with van der Waals surface area (Å²) < 4.78 is 0. The molecule has 7 heteroatoms. The van der Waals surface area contributed by atoms with Gasteiger partial charge in [-0.25, -0.2) is 4.79 Å². The van der Waals surface area contributed by atoms with Crippen molar-refractivity contribution in [1.82, 2.24) is 16.0 Å². The maximum absolute atomic E-state index is 11.7. The Morgan fingerprint density at radius 1 is 1.10 bits per heavy atom. The predicted octanol–water partition coefficient (Wildman–Crippen LogP) is 1.09. The minimum Gasteiger partial charge on any atom is -0.481 e. The van der Waals surface area contributed by atoms with E-state index < -0.39 is 23.5 Å². The molecule has 4 N–H and O–H groups in total. The molecule has 1 atom stereocenters. The first-order chi connectivity index (χ1) is 9.82. The van der Waals surface area contributed by atoms with Crippen LogP contribution in [0.3, 0.4) is 0 Å². The van der Waals surface area contributed by atoms with Gasteiger partial charge in [-0.15, -0.1) is 0 Å². The second-order valence-corrected chi connectivity index (χ2v) is 5.13. The standard InChI is InChI=1S/C14H27N3O4/c1-5-8-15-11(18)10(4)17-13(21)16-9-14(6-2,7-3)12(19)20/h10H,5-9H2,1-4H3,(H,15,18)(H,19,20)(H2,16,17,21). The molecule has 0 bridgehead atoms. The number of aliphatic carboxylic acids is 1. The predicted molar refractivity (Wildman–Crippen MR) is 79.9 cm³/mol. The van der Waals surface area contributed by atoms with Crippen LogP contribution in [-0.4, -0.2) is 42.1 Å². The Labute approximate surface area is 125 Å². The molecule has 122 valence electrons. The average Bonchev–Trinajstić information content (AvgIpc) is 2.45. The number of rotatable bonds is 9. The summed E-state index contributed by atoms with van der Waals surface area (Å²) in [6, 6.07) is -1.21. The number of urea groups is 1. The largest absolute Gasteiger partial charge is 0.481 e. The summed E-state index contributed by atoms with van der Waals surface area (Å²) >= 11 is 0. The van der Waals surface area contributed by atoms with Gasteiger partial charge in [0.15, 0.2) is 0 Å². The molecule has 0 aliphatic carbocycles. The van der Waals surface area contributed by atoms with E-state index in [2.05, 4.69) is 16.0 Å². The highest BCUT2D eigenvalue weighted by Gasteiger charge is 2.35. The van der Waals surface area contributed by atoms with Crippen LogP contribution in [-0.2, 0) is 9.59 Å². The highest BCUT2D eigenvalue weighted by molar-refractivity contribution is 5.86. The SMILES string of the molecule is CCCNC(=O)C(C)NC(=O)NCC(CC)(CC)C(=O)O. The minimum atomic E-state index is -0.967. The molecule has 0 heterocycles. The summed E-state index contributed by atoms with van der Waals surface area (Å²) in [5.41, 5.74) is -0.967. The smallest absolute Gasteiger partial charge is 0.315 e. The van der Waals surface area contributed by atoms with E-state index >= 15 is 0 Å². The van der Waals surface area contributed by atoms with Crippen LogP contribution in [0.4, 0.5) is 4.79 Å². The third-order valence-electron chi connectivity index (χ3n) is 3.68. The first-order valence-electron chi connectivity index (χ1n) is 7.38. The summed E-state index contributed by atoms with van der Waals surface area (Å²) in [6.07, 6.45) is 1.66. The molecule has 0 aromatic carbocycles. The summed E-state index contributed by atoms with van der Waals surface area (Å²) in [4.78, 5) is 34.7. The number of carbonyl (C=O) groups is 3. The maximum atomic E-state index is 11.7. The number of nitrogens with one attached hydrogen (secondary N) is 3. The van der Waals surface area contributed by atoms with Gasteiger partial charge in [0.25, 0.3) is 0 Å². The van der Waals surface area contributed by atoms with Crippen molar-refractivity contribution in [2.24, 2.45) is 5.41 Å². The van der Waals surface area contributed by atoms with Gasteiger partial charge < -0.3 is 21.1 Å². The van der Waals surface area contributed by atoms with Gasteiger partial charge in [0.05, 0.1) is 5.41 Å². The topological polar surface area (TPSA) is 108 Å². The molecule has 0 aliphatic heterocycles.